The molecule has 7 heteroatoms. The Balaban J connectivity index is 1.34. The highest BCUT2D eigenvalue weighted by Crippen LogP contribution is 2.26. The number of aryl methyl sites for hydroxylation is 1. The van der Waals surface area contributed by atoms with Crippen molar-refractivity contribution in [2.75, 3.05) is 0 Å². The first-order valence-corrected chi connectivity index (χ1v) is 13.1. The number of nitrogens with one attached hydrogen (secondary N) is 1. The van der Waals surface area contributed by atoms with E-state index in [-0.39, 0.29) is 11.7 Å². The zero-order valence-corrected chi connectivity index (χ0v) is 22.4. The van der Waals surface area contributed by atoms with E-state index in [0.29, 0.717) is 44.5 Å². The van der Waals surface area contributed by atoms with Crippen LogP contribution in [0.15, 0.2) is 108 Å². The summed E-state index contributed by atoms with van der Waals surface area (Å²) in [5.41, 5.74) is 9.52. The average Bonchev–Trinajstić information content (AvgIpc) is 3.27. The van der Waals surface area contributed by atoms with Gasteiger partial charge in [0.15, 0.2) is 0 Å². The van der Waals surface area contributed by atoms with Crippen LogP contribution in [0.3, 0.4) is 0 Å². The number of benzene rings is 3. The molecule has 0 aliphatic rings. The van der Waals surface area contributed by atoms with E-state index in [4.69, 9.17) is 4.98 Å². The Labute approximate surface area is 235 Å². The fourth-order valence-corrected chi connectivity index (χ4v) is 4.99. The first-order chi connectivity index (χ1) is 19.9. The first kappa shape index (κ1) is 25.8. The molecule has 41 heavy (non-hydrogen) atoms. The molecule has 0 fully saturated rings. The second kappa shape index (κ2) is 10.6. The molecule has 0 aliphatic carbocycles. The highest BCUT2D eigenvalue weighted by Gasteiger charge is 2.21. The van der Waals surface area contributed by atoms with Crippen LogP contribution in [-0.4, -0.2) is 27.3 Å². The van der Waals surface area contributed by atoms with Gasteiger partial charge in [-0.15, -0.1) is 0 Å². The minimum atomic E-state index is -0.408. The van der Waals surface area contributed by atoms with E-state index in [1.807, 2.05) is 80.6 Å². The van der Waals surface area contributed by atoms with Gasteiger partial charge in [0.05, 0.1) is 34.2 Å². The predicted octanol–water partition coefficient (Wildman–Crippen LogP) is 6.91. The number of hydrazone groups is 1. The minimum Gasteiger partial charge on any atom is -0.313 e. The zero-order chi connectivity index (χ0) is 28.5. The summed E-state index contributed by atoms with van der Waals surface area (Å²) in [6.07, 6.45) is 3.35. The van der Waals surface area contributed by atoms with Gasteiger partial charge in [-0.05, 0) is 67.9 Å². The number of halogens is 1. The summed E-state index contributed by atoms with van der Waals surface area (Å²) in [5, 5.41) is 5.00. The van der Waals surface area contributed by atoms with Gasteiger partial charge in [0.2, 0.25) is 5.78 Å². The average molecular weight is 541 g/mol. The molecule has 3 aromatic heterocycles. The Hall–Kier alpha value is -5.43. The number of hydrogen-bond acceptors (Lipinski definition) is 4. The zero-order valence-electron chi connectivity index (χ0n) is 22.4. The molecule has 6 aromatic rings. The Morgan fingerprint density at radius 3 is 2.41 bits per heavy atom. The van der Waals surface area contributed by atoms with Gasteiger partial charge in [-0.1, -0.05) is 54.1 Å². The first-order valence-electron chi connectivity index (χ1n) is 13.1. The molecule has 200 valence electrons. The van der Waals surface area contributed by atoms with Gasteiger partial charge < -0.3 is 4.40 Å². The van der Waals surface area contributed by atoms with E-state index in [1.165, 1.54) is 24.3 Å². The molecule has 0 atom stereocenters. The fraction of sp³-hybridized carbons (Fsp3) is 0.0588. The molecule has 3 heterocycles. The van der Waals surface area contributed by atoms with Crippen LogP contribution in [0.4, 0.5) is 4.39 Å². The van der Waals surface area contributed by atoms with Crippen LogP contribution >= 0.6 is 0 Å². The number of fused-ring (bicyclic) bond motifs is 2. The van der Waals surface area contributed by atoms with Crippen LogP contribution in [0.25, 0.3) is 27.7 Å². The lowest BCUT2D eigenvalue weighted by Gasteiger charge is -2.09. The summed E-state index contributed by atoms with van der Waals surface area (Å²) < 4.78 is 15.2. The summed E-state index contributed by atoms with van der Waals surface area (Å²) in [5.74, 6) is -1.02. The monoisotopic (exact) mass is 540 g/mol. The second-order valence-electron chi connectivity index (χ2n) is 9.82. The van der Waals surface area contributed by atoms with Crippen molar-refractivity contribution < 1.29 is 14.0 Å². The Morgan fingerprint density at radius 2 is 1.63 bits per heavy atom. The van der Waals surface area contributed by atoms with Crippen molar-refractivity contribution in [3.8, 4) is 11.3 Å². The maximum atomic E-state index is 13.5. The maximum Gasteiger partial charge on any atom is 0.272 e. The van der Waals surface area contributed by atoms with E-state index < -0.39 is 5.82 Å². The molecule has 3 aromatic carbocycles. The second-order valence-corrected chi connectivity index (χ2v) is 9.82. The summed E-state index contributed by atoms with van der Waals surface area (Å²) in [7, 11) is 0. The van der Waals surface area contributed by atoms with E-state index in [9.17, 15) is 14.0 Å². The Bertz CT molecular complexity index is 1970. The summed E-state index contributed by atoms with van der Waals surface area (Å²) in [4.78, 5) is 31.6. The molecule has 6 nitrogen and oxygen atoms in total. The number of aromatic nitrogens is 2. The summed E-state index contributed by atoms with van der Waals surface area (Å²) >= 11 is 0. The normalized spacial score (nSPS) is 11.4. The Kier molecular flexibility index (Phi) is 6.69. The van der Waals surface area contributed by atoms with Crippen LogP contribution in [0, 0.1) is 19.7 Å². The number of rotatable bonds is 6. The number of carbonyl (C=O) groups excluding carboxylic acids is 2. The van der Waals surface area contributed by atoms with Crippen LogP contribution in [0.2, 0.25) is 0 Å². The van der Waals surface area contributed by atoms with Gasteiger partial charge in [0.25, 0.3) is 5.91 Å². The molecule has 0 aliphatic heterocycles. The van der Waals surface area contributed by atoms with Gasteiger partial charge in [-0.2, -0.15) is 5.10 Å². The highest BCUT2D eigenvalue weighted by atomic mass is 19.1. The molecule has 1 N–H and O–H groups in total. The topological polar surface area (TPSA) is 75.8 Å². The van der Waals surface area contributed by atoms with Crippen LogP contribution in [0.5, 0.6) is 0 Å². The van der Waals surface area contributed by atoms with E-state index >= 15 is 0 Å². The van der Waals surface area contributed by atoms with E-state index in [1.54, 1.807) is 22.9 Å². The van der Waals surface area contributed by atoms with Crippen molar-refractivity contribution in [2.24, 2.45) is 5.10 Å². The standard InChI is InChI=1S/C34H25FN4O2/c1-21-10-12-23(13-11-21)30-19-27(26-7-3-4-8-29(26)37-30)34(41)38-36-20-28-22(2)32(39-18-6-5-9-31(28)39)33(40)24-14-16-25(35)17-15-24/h3-20H,1-2H3,(H,38,41)/b36-20+. The number of pyridine rings is 2. The van der Waals surface area contributed by atoms with Crippen LogP contribution in [-0.2, 0) is 0 Å². The quantitative estimate of drug-likeness (QED) is 0.142. The summed E-state index contributed by atoms with van der Waals surface area (Å²) in [6, 6.07) is 28.3. The van der Waals surface area contributed by atoms with E-state index in [2.05, 4.69) is 10.5 Å². The number of carbonyl (C=O) groups is 2. The number of hydrogen-bond donors (Lipinski definition) is 1. The van der Waals surface area contributed by atoms with Crippen LogP contribution in [0.1, 0.15) is 43.1 Å². The lowest BCUT2D eigenvalue weighted by molar-refractivity contribution is 0.0956. The lowest BCUT2D eigenvalue weighted by atomic mass is 10.0. The lowest BCUT2D eigenvalue weighted by Crippen LogP contribution is -2.18. The van der Waals surface area contributed by atoms with Gasteiger partial charge in [0, 0.05) is 28.3 Å². The van der Waals surface area contributed by atoms with Gasteiger partial charge in [-0.25, -0.2) is 14.8 Å². The number of nitrogens with zero attached hydrogens (tertiary/aromatic N) is 3. The van der Waals surface area contributed by atoms with Crippen molar-refractivity contribution in [1.82, 2.24) is 14.8 Å². The molecule has 0 saturated heterocycles. The van der Waals surface area contributed by atoms with Gasteiger partial charge in [0.1, 0.15) is 5.82 Å². The maximum absolute atomic E-state index is 13.5. The molecule has 0 spiro atoms. The largest absolute Gasteiger partial charge is 0.313 e. The molecular weight excluding hydrogens is 515 g/mol. The van der Waals surface area contributed by atoms with Gasteiger partial charge in [-0.3, -0.25) is 9.59 Å². The molecule has 0 unspecified atom stereocenters. The molecule has 0 bridgehead atoms. The molecule has 0 saturated carbocycles. The third-order valence-corrected chi connectivity index (χ3v) is 7.13. The molecule has 0 radical (unpaired) electrons. The molecule has 1 amide bonds. The van der Waals surface area contributed by atoms with Crippen molar-refractivity contribution in [3.63, 3.8) is 0 Å². The predicted molar refractivity (Wildman–Crippen MR) is 159 cm³/mol. The summed E-state index contributed by atoms with van der Waals surface area (Å²) in [6.45, 7) is 3.85. The fourth-order valence-electron chi connectivity index (χ4n) is 4.99. The number of amides is 1. The van der Waals surface area contributed by atoms with Crippen molar-refractivity contribution >= 4 is 34.3 Å². The number of para-hydroxylation sites is 1. The van der Waals surface area contributed by atoms with Crippen molar-refractivity contribution in [2.45, 2.75) is 13.8 Å². The number of ketones is 1. The van der Waals surface area contributed by atoms with Crippen molar-refractivity contribution in [1.29, 1.82) is 0 Å². The molecule has 6 rings (SSSR count). The smallest absolute Gasteiger partial charge is 0.272 e. The SMILES string of the molecule is Cc1ccc(-c2cc(C(=O)N/N=C/c3c(C)c(C(=O)c4ccc(F)cc4)n4ccccc34)c3ccccc3n2)cc1. The third-order valence-electron chi connectivity index (χ3n) is 7.13. The van der Waals surface area contributed by atoms with E-state index in [0.717, 1.165) is 16.6 Å². The van der Waals surface area contributed by atoms with Crippen molar-refractivity contribution in [3.05, 3.63) is 143 Å². The Morgan fingerprint density at radius 1 is 0.902 bits per heavy atom. The van der Waals surface area contributed by atoms with Crippen LogP contribution < -0.4 is 5.43 Å². The third kappa shape index (κ3) is 4.89. The highest BCUT2D eigenvalue weighted by molar-refractivity contribution is 6.12. The molecular formula is C34H25FN4O2. The minimum absolute atomic E-state index is 0.237. The van der Waals surface area contributed by atoms with Gasteiger partial charge >= 0.3 is 0 Å².